The van der Waals surface area contributed by atoms with Gasteiger partial charge >= 0.3 is 0 Å². The minimum absolute atomic E-state index is 0.0939. The molecule has 1 fully saturated rings. The Morgan fingerprint density at radius 3 is 2.72 bits per heavy atom. The molecule has 1 saturated carbocycles. The Kier molecular flexibility index (Phi) is 4.46. The number of furan rings is 1. The Morgan fingerprint density at radius 2 is 1.88 bits per heavy atom. The normalized spacial score (nSPS) is 22.6. The topological polar surface area (TPSA) is 68.9 Å². The lowest BCUT2D eigenvalue weighted by atomic mass is 9.65. The van der Waals surface area contributed by atoms with Gasteiger partial charge < -0.3 is 4.42 Å². The SMILES string of the molecule is Cc1ccc(-c2nc(-c3ccnc4ccccc34)nc3c2CCC2C(C)C(=O)CCC32)o1. The fourth-order valence-corrected chi connectivity index (χ4v) is 5.66. The first-order valence-corrected chi connectivity index (χ1v) is 11.4. The van der Waals surface area contributed by atoms with E-state index in [1.165, 1.54) is 5.56 Å². The molecule has 160 valence electrons. The number of carbonyl (C=O) groups is 1. The number of ketones is 1. The van der Waals surface area contributed by atoms with Crippen molar-refractivity contribution in [3.05, 3.63) is 65.7 Å². The number of para-hydroxylation sites is 1. The van der Waals surface area contributed by atoms with Crippen molar-refractivity contribution in [3.63, 3.8) is 0 Å². The lowest BCUT2D eigenvalue weighted by Gasteiger charge is -2.40. The molecule has 0 amide bonds. The van der Waals surface area contributed by atoms with Gasteiger partial charge in [0.1, 0.15) is 17.2 Å². The molecule has 4 aromatic rings. The van der Waals surface area contributed by atoms with Crippen LogP contribution in [0.25, 0.3) is 33.7 Å². The lowest BCUT2D eigenvalue weighted by Crippen LogP contribution is -2.36. The first-order chi connectivity index (χ1) is 15.6. The molecule has 0 aliphatic heterocycles. The van der Waals surface area contributed by atoms with Crippen LogP contribution < -0.4 is 0 Å². The van der Waals surface area contributed by atoms with E-state index >= 15 is 0 Å². The average Bonchev–Trinajstić information content (AvgIpc) is 3.26. The largest absolute Gasteiger partial charge is 0.460 e. The van der Waals surface area contributed by atoms with Crippen molar-refractivity contribution >= 4 is 16.7 Å². The fourth-order valence-electron chi connectivity index (χ4n) is 5.66. The molecule has 0 bridgehead atoms. The van der Waals surface area contributed by atoms with E-state index in [2.05, 4.69) is 18.0 Å². The summed E-state index contributed by atoms with van der Waals surface area (Å²) in [6.07, 6.45) is 5.19. The third kappa shape index (κ3) is 2.99. The van der Waals surface area contributed by atoms with Gasteiger partial charge in [-0.05, 0) is 56.4 Å². The van der Waals surface area contributed by atoms with Gasteiger partial charge in [0.2, 0.25) is 0 Å². The van der Waals surface area contributed by atoms with Gasteiger partial charge in [-0.1, -0.05) is 25.1 Å². The summed E-state index contributed by atoms with van der Waals surface area (Å²) in [5, 5.41) is 1.04. The molecular weight excluding hydrogens is 398 g/mol. The third-order valence-electron chi connectivity index (χ3n) is 7.35. The van der Waals surface area contributed by atoms with Crippen molar-refractivity contribution in [2.24, 2.45) is 11.8 Å². The molecule has 6 rings (SSSR count). The van der Waals surface area contributed by atoms with Crippen LogP contribution in [0.1, 0.15) is 49.1 Å². The average molecular weight is 424 g/mol. The Morgan fingerprint density at radius 1 is 1.00 bits per heavy atom. The maximum atomic E-state index is 12.4. The molecule has 5 nitrogen and oxygen atoms in total. The molecule has 3 aromatic heterocycles. The second-order valence-electron chi connectivity index (χ2n) is 9.15. The summed E-state index contributed by atoms with van der Waals surface area (Å²) in [5.74, 6) is 3.50. The Hall–Kier alpha value is -3.34. The van der Waals surface area contributed by atoms with E-state index in [4.69, 9.17) is 14.4 Å². The van der Waals surface area contributed by atoms with Crippen LogP contribution in [0.4, 0.5) is 0 Å². The van der Waals surface area contributed by atoms with Crippen LogP contribution in [0.3, 0.4) is 0 Å². The van der Waals surface area contributed by atoms with Crippen LogP contribution >= 0.6 is 0 Å². The number of nitrogens with zero attached hydrogens (tertiary/aromatic N) is 3. The number of aromatic nitrogens is 3. The van der Waals surface area contributed by atoms with Gasteiger partial charge in [-0.3, -0.25) is 9.78 Å². The predicted octanol–water partition coefficient (Wildman–Crippen LogP) is 5.91. The van der Waals surface area contributed by atoms with Crippen LogP contribution in [-0.2, 0) is 11.2 Å². The molecule has 3 heterocycles. The van der Waals surface area contributed by atoms with Crippen molar-refractivity contribution in [2.75, 3.05) is 0 Å². The molecule has 0 saturated heterocycles. The zero-order valence-electron chi connectivity index (χ0n) is 18.3. The quantitative estimate of drug-likeness (QED) is 0.401. The molecule has 0 spiro atoms. The minimum atomic E-state index is 0.0939. The number of rotatable bonds is 2. The smallest absolute Gasteiger partial charge is 0.160 e. The van der Waals surface area contributed by atoms with Gasteiger partial charge in [-0.2, -0.15) is 0 Å². The summed E-state index contributed by atoms with van der Waals surface area (Å²) in [6, 6.07) is 14.1. The van der Waals surface area contributed by atoms with E-state index < -0.39 is 0 Å². The number of hydrogen-bond donors (Lipinski definition) is 0. The Balaban J connectivity index is 1.60. The number of Topliss-reactive ketones (excluding diaryl/α,β-unsaturated/α-hetero) is 1. The highest BCUT2D eigenvalue weighted by Gasteiger charge is 2.41. The van der Waals surface area contributed by atoms with Crippen LogP contribution in [0.2, 0.25) is 0 Å². The minimum Gasteiger partial charge on any atom is -0.460 e. The van der Waals surface area contributed by atoms with Crippen molar-refractivity contribution < 1.29 is 9.21 Å². The van der Waals surface area contributed by atoms with Crippen molar-refractivity contribution in [2.45, 2.75) is 45.4 Å². The zero-order valence-corrected chi connectivity index (χ0v) is 18.3. The van der Waals surface area contributed by atoms with Crippen molar-refractivity contribution in [1.29, 1.82) is 0 Å². The molecular formula is C27H25N3O2. The molecule has 2 aliphatic carbocycles. The zero-order chi connectivity index (χ0) is 21.8. The second-order valence-corrected chi connectivity index (χ2v) is 9.15. The number of fused-ring (bicyclic) bond motifs is 4. The summed E-state index contributed by atoms with van der Waals surface area (Å²) in [7, 11) is 0. The van der Waals surface area contributed by atoms with Crippen molar-refractivity contribution in [1.82, 2.24) is 15.0 Å². The fraction of sp³-hybridized carbons (Fsp3) is 0.333. The monoisotopic (exact) mass is 423 g/mol. The number of pyridine rings is 1. The number of hydrogen-bond acceptors (Lipinski definition) is 5. The maximum Gasteiger partial charge on any atom is 0.160 e. The van der Waals surface area contributed by atoms with E-state index in [9.17, 15) is 4.79 Å². The highest BCUT2D eigenvalue weighted by molar-refractivity contribution is 5.92. The van der Waals surface area contributed by atoms with Crippen molar-refractivity contribution in [3.8, 4) is 22.8 Å². The molecule has 1 aromatic carbocycles. The van der Waals surface area contributed by atoms with E-state index in [1.54, 1.807) is 0 Å². The summed E-state index contributed by atoms with van der Waals surface area (Å²) in [6.45, 7) is 4.05. The van der Waals surface area contributed by atoms with E-state index in [0.717, 1.165) is 58.6 Å². The molecule has 2 aliphatic rings. The Bertz CT molecular complexity index is 1350. The summed E-state index contributed by atoms with van der Waals surface area (Å²) in [4.78, 5) is 27.2. The number of aryl methyl sites for hydroxylation is 1. The van der Waals surface area contributed by atoms with Gasteiger partial charge in [-0.25, -0.2) is 9.97 Å². The first-order valence-electron chi connectivity index (χ1n) is 11.4. The van der Waals surface area contributed by atoms with E-state index in [0.29, 0.717) is 23.9 Å². The van der Waals surface area contributed by atoms with E-state index in [1.807, 2.05) is 49.5 Å². The molecule has 3 unspecified atom stereocenters. The predicted molar refractivity (Wildman–Crippen MR) is 123 cm³/mol. The van der Waals surface area contributed by atoms with Gasteiger partial charge in [0.05, 0.1) is 11.2 Å². The summed E-state index contributed by atoms with van der Waals surface area (Å²) >= 11 is 0. The van der Waals surface area contributed by atoms with Gasteiger partial charge in [-0.15, -0.1) is 0 Å². The van der Waals surface area contributed by atoms with Crippen LogP contribution in [0.5, 0.6) is 0 Å². The molecule has 0 N–H and O–H groups in total. The van der Waals surface area contributed by atoms with Gasteiger partial charge in [0, 0.05) is 41.0 Å². The molecule has 3 atom stereocenters. The Labute approximate surface area is 186 Å². The second kappa shape index (κ2) is 7.37. The first kappa shape index (κ1) is 19.4. The lowest BCUT2D eigenvalue weighted by molar-refractivity contribution is -0.126. The van der Waals surface area contributed by atoms with Gasteiger partial charge in [0.25, 0.3) is 0 Å². The summed E-state index contributed by atoms with van der Waals surface area (Å²) < 4.78 is 6.03. The molecule has 0 radical (unpaired) electrons. The van der Waals surface area contributed by atoms with Crippen LogP contribution in [-0.4, -0.2) is 20.7 Å². The third-order valence-corrected chi connectivity index (χ3v) is 7.35. The number of benzene rings is 1. The summed E-state index contributed by atoms with van der Waals surface area (Å²) in [5.41, 5.74) is 5.09. The molecule has 32 heavy (non-hydrogen) atoms. The highest BCUT2D eigenvalue weighted by atomic mass is 16.3. The number of carbonyl (C=O) groups excluding carboxylic acids is 1. The van der Waals surface area contributed by atoms with Crippen LogP contribution in [0.15, 0.2) is 53.1 Å². The molecule has 5 heteroatoms. The van der Waals surface area contributed by atoms with Crippen LogP contribution in [0, 0.1) is 18.8 Å². The standard InChI is InChI=1S/C27H25N3O2/c1-15-7-12-24(32-15)26-21-9-8-17-16(2)23(31)11-10-19(17)25(21)29-27(30-26)20-13-14-28-22-6-4-3-5-18(20)22/h3-7,12-14,16-17,19H,8-11H2,1-2H3. The van der Waals surface area contributed by atoms with E-state index in [-0.39, 0.29) is 11.8 Å². The highest BCUT2D eigenvalue weighted by Crippen LogP contribution is 2.48. The van der Waals surface area contributed by atoms with Gasteiger partial charge in [0.15, 0.2) is 11.6 Å². The maximum absolute atomic E-state index is 12.4.